The van der Waals surface area contributed by atoms with E-state index in [-0.39, 0.29) is 0 Å². The molecule has 0 N–H and O–H groups in total. The van der Waals surface area contributed by atoms with E-state index in [9.17, 15) is 4.21 Å². The van der Waals surface area contributed by atoms with Crippen LogP contribution in [0.2, 0.25) is 0 Å². The van der Waals surface area contributed by atoms with Gasteiger partial charge in [-0.3, -0.25) is 4.18 Å². The Bertz CT molecular complexity index is 335. The summed E-state index contributed by atoms with van der Waals surface area (Å²) in [7, 11) is 3.02. The lowest BCUT2D eigenvalue weighted by Crippen LogP contribution is -2.18. The van der Waals surface area contributed by atoms with Crippen LogP contribution in [0.25, 0.3) is 0 Å². The normalized spacial score (nSPS) is 14.3. The molecule has 1 atom stereocenters. The highest BCUT2D eigenvalue weighted by Gasteiger charge is 2.24. The SMILES string of the molecule is COS(=O)c1cnc(C(C)(C)OC)s1. The number of thiazole rings is 1. The number of hydrogen-bond acceptors (Lipinski definition) is 5. The average molecular weight is 235 g/mol. The van der Waals surface area contributed by atoms with Gasteiger partial charge in [0.05, 0.1) is 13.3 Å². The van der Waals surface area contributed by atoms with Gasteiger partial charge in [0.2, 0.25) is 11.1 Å². The molecule has 1 unspecified atom stereocenters. The minimum Gasteiger partial charge on any atom is -0.372 e. The second-order valence-corrected chi connectivity index (χ2v) is 5.63. The molecule has 1 aromatic heterocycles. The van der Waals surface area contributed by atoms with Gasteiger partial charge in [0, 0.05) is 7.11 Å². The Morgan fingerprint density at radius 1 is 1.50 bits per heavy atom. The molecule has 0 amide bonds. The van der Waals surface area contributed by atoms with Crippen LogP contribution in [0.15, 0.2) is 10.4 Å². The number of methoxy groups -OCH3 is 1. The van der Waals surface area contributed by atoms with E-state index in [0.717, 1.165) is 5.01 Å². The molecule has 0 aliphatic rings. The fraction of sp³-hybridized carbons (Fsp3) is 0.625. The number of nitrogens with zero attached hydrogens (tertiary/aromatic N) is 1. The summed E-state index contributed by atoms with van der Waals surface area (Å²) in [6.07, 6.45) is 1.56. The van der Waals surface area contributed by atoms with Gasteiger partial charge in [-0.1, -0.05) is 0 Å². The first-order chi connectivity index (χ1) is 6.51. The molecule has 0 aliphatic heterocycles. The van der Waals surface area contributed by atoms with Gasteiger partial charge >= 0.3 is 0 Å². The lowest BCUT2D eigenvalue weighted by Gasteiger charge is -2.19. The highest BCUT2D eigenvalue weighted by Crippen LogP contribution is 2.29. The molecule has 0 spiro atoms. The van der Waals surface area contributed by atoms with E-state index < -0.39 is 16.7 Å². The molecule has 0 aromatic carbocycles. The Hall–Kier alpha value is -0.300. The summed E-state index contributed by atoms with van der Waals surface area (Å²) >= 11 is -0.0701. The lowest BCUT2D eigenvalue weighted by molar-refractivity contribution is 0.0190. The maximum Gasteiger partial charge on any atom is 0.200 e. The van der Waals surface area contributed by atoms with E-state index in [1.54, 1.807) is 13.3 Å². The van der Waals surface area contributed by atoms with Gasteiger partial charge in [0.1, 0.15) is 14.8 Å². The van der Waals surface area contributed by atoms with Crippen molar-refractivity contribution in [1.29, 1.82) is 0 Å². The van der Waals surface area contributed by atoms with Gasteiger partial charge in [-0.05, 0) is 13.8 Å². The number of ether oxygens (including phenoxy) is 1. The third-order valence-corrected chi connectivity index (χ3v) is 4.32. The Balaban J connectivity index is 2.93. The van der Waals surface area contributed by atoms with Gasteiger partial charge in [-0.2, -0.15) is 0 Å². The van der Waals surface area contributed by atoms with Gasteiger partial charge < -0.3 is 4.74 Å². The highest BCUT2D eigenvalue weighted by molar-refractivity contribution is 7.82. The van der Waals surface area contributed by atoms with E-state index in [1.807, 2.05) is 13.8 Å². The molecule has 0 radical (unpaired) electrons. The lowest BCUT2D eigenvalue weighted by atomic mass is 10.1. The highest BCUT2D eigenvalue weighted by atomic mass is 32.2. The summed E-state index contributed by atoms with van der Waals surface area (Å²) in [6, 6.07) is 0. The summed E-state index contributed by atoms with van der Waals surface area (Å²) < 4.78 is 21.8. The minimum atomic E-state index is -1.41. The van der Waals surface area contributed by atoms with E-state index in [4.69, 9.17) is 8.92 Å². The van der Waals surface area contributed by atoms with Crippen molar-refractivity contribution in [2.45, 2.75) is 23.7 Å². The summed E-state index contributed by atoms with van der Waals surface area (Å²) in [5, 5.41) is 0.792. The van der Waals surface area contributed by atoms with Gasteiger partial charge in [0.25, 0.3) is 0 Å². The summed E-state index contributed by atoms with van der Waals surface area (Å²) in [5.74, 6) is 0. The summed E-state index contributed by atoms with van der Waals surface area (Å²) in [6.45, 7) is 3.82. The molecule has 0 saturated carbocycles. The standard InChI is InChI=1S/C8H13NO3S2/c1-8(2,11-3)7-9-5-6(13-7)14(10)12-4/h5H,1-4H3. The fourth-order valence-electron chi connectivity index (χ4n) is 0.784. The Kier molecular flexibility index (Phi) is 3.77. The van der Waals surface area contributed by atoms with Crippen molar-refractivity contribution in [1.82, 2.24) is 4.98 Å². The zero-order chi connectivity index (χ0) is 10.8. The third-order valence-electron chi connectivity index (χ3n) is 1.83. The maximum atomic E-state index is 11.3. The first-order valence-corrected chi connectivity index (χ1v) is 5.88. The quantitative estimate of drug-likeness (QED) is 0.797. The predicted octanol–water partition coefficient (Wildman–Crippen LogP) is 1.69. The number of aromatic nitrogens is 1. The van der Waals surface area contributed by atoms with E-state index in [0.29, 0.717) is 4.21 Å². The molecule has 6 heteroatoms. The molecule has 0 fully saturated rings. The smallest absolute Gasteiger partial charge is 0.200 e. The molecule has 0 aliphatic carbocycles. The van der Waals surface area contributed by atoms with Crippen molar-refractivity contribution in [3.05, 3.63) is 11.2 Å². The zero-order valence-electron chi connectivity index (χ0n) is 8.57. The van der Waals surface area contributed by atoms with Gasteiger partial charge in [-0.25, -0.2) is 9.19 Å². The molecule has 0 saturated heterocycles. The van der Waals surface area contributed by atoms with Crippen LogP contribution in [0.1, 0.15) is 18.9 Å². The van der Waals surface area contributed by atoms with Crippen LogP contribution in [0.3, 0.4) is 0 Å². The average Bonchev–Trinajstić information content (AvgIpc) is 2.66. The van der Waals surface area contributed by atoms with Crippen molar-refractivity contribution in [3.8, 4) is 0 Å². The Morgan fingerprint density at radius 3 is 2.64 bits per heavy atom. The first-order valence-electron chi connectivity index (χ1n) is 3.99. The van der Waals surface area contributed by atoms with Gasteiger partial charge in [0.15, 0.2) is 0 Å². The zero-order valence-corrected chi connectivity index (χ0v) is 10.2. The molecule has 4 nitrogen and oxygen atoms in total. The van der Waals surface area contributed by atoms with Gasteiger partial charge in [-0.15, -0.1) is 11.3 Å². The van der Waals surface area contributed by atoms with E-state index in [1.165, 1.54) is 18.4 Å². The molecule has 1 heterocycles. The van der Waals surface area contributed by atoms with Crippen molar-refractivity contribution in [2.75, 3.05) is 14.2 Å². The molecule has 0 bridgehead atoms. The van der Waals surface area contributed by atoms with Crippen LogP contribution in [0, 0.1) is 0 Å². The van der Waals surface area contributed by atoms with Crippen molar-refractivity contribution >= 4 is 22.4 Å². The largest absolute Gasteiger partial charge is 0.372 e. The van der Waals surface area contributed by atoms with Crippen LogP contribution in [0.5, 0.6) is 0 Å². The molecule has 14 heavy (non-hydrogen) atoms. The third kappa shape index (κ3) is 2.38. The van der Waals surface area contributed by atoms with Crippen molar-refractivity contribution in [3.63, 3.8) is 0 Å². The van der Waals surface area contributed by atoms with Crippen LogP contribution in [0.4, 0.5) is 0 Å². The fourth-order valence-corrected chi connectivity index (χ4v) is 2.53. The number of rotatable bonds is 4. The second kappa shape index (κ2) is 4.48. The molecular formula is C8H13NO3S2. The van der Waals surface area contributed by atoms with E-state index in [2.05, 4.69) is 4.98 Å². The summed E-state index contributed by atoms with van der Waals surface area (Å²) in [4.78, 5) is 4.15. The topological polar surface area (TPSA) is 48.4 Å². The molecular weight excluding hydrogens is 222 g/mol. The first kappa shape index (κ1) is 11.8. The minimum absolute atomic E-state index is 0.444. The maximum absolute atomic E-state index is 11.3. The van der Waals surface area contributed by atoms with E-state index >= 15 is 0 Å². The second-order valence-electron chi connectivity index (χ2n) is 3.10. The Labute approximate surface area is 89.9 Å². The predicted molar refractivity (Wildman–Crippen MR) is 55.6 cm³/mol. The molecule has 1 rings (SSSR count). The molecule has 80 valence electrons. The van der Waals surface area contributed by atoms with Crippen LogP contribution in [-0.4, -0.2) is 23.4 Å². The number of hydrogen-bond donors (Lipinski definition) is 0. The summed E-state index contributed by atoms with van der Waals surface area (Å²) in [5.41, 5.74) is -0.444. The van der Waals surface area contributed by atoms with Crippen LogP contribution >= 0.6 is 11.3 Å². The van der Waals surface area contributed by atoms with Crippen LogP contribution < -0.4 is 0 Å². The monoisotopic (exact) mass is 235 g/mol. The van der Waals surface area contributed by atoms with Crippen molar-refractivity contribution in [2.24, 2.45) is 0 Å². The Morgan fingerprint density at radius 2 is 2.14 bits per heavy atom. The van der Waals surface area contributed by atoms with Crippen molar-refractivity contribution < 1.29 is 13.1 Å². The van der Waals surface area contributed by atoms with Crippen LogP contribution in [-0.2, 0) is 25.6 Å². The molecule has 1 aromatic rings.